The summed E-state index contributed by atoms with van der Waals surface area (Å²) < 4.78 is 0. The number of nitrogens with zero attached hydrogens (tertiary/aromatic N) is 2. The number of anilines is 1. The molecular weight excluding hydrogens is 264 g/mol. The Hall–Kier alpha value is -2.01. The molecule has 0 bridgehead atoms. The zero-order valence-electron chi connectivity index (χ0n) is 12.6. The number of piperazine rings is 1. The van der Waals surface area contributed by atoms with E-state index in [1.165, 1.54) is 0 Å². The Labute approximate surface area is 124 Å². The normalized spacial score (nSPS) is 20.1. The van der Waals surface area contributed by atoms with E-state index in [-0.39, 0.29) is 5.91 Å². The number of hydrogen-bond donors (Lipinski definition) is 2. The van der Waals surface area contributed by atoms with Gasteiger partial charge in [-0.15, -0.1) is 0 Å². The average Bonchev–Trinajstić information content (AvgIpc) is 2.89. The van der Waals surface area contributed by atoms with Crippen LogP contribution >= 0.6 is 0 Å². The molecule has 0 radical (unpaired) electrons. The summed E-state index contributed by atoms with van der Waals surface area (Å²) in [4.78, 5) is 20.3. The Bertz CT molecular complexity index is 663. The number of hydrogen-bond acceptors (Lipinski definition) is 3. The molecule has 0 aliphatic carbocycles. The third kappa shape index (κ3) is 2.49. The minimum Gasteiger partial charge on any atom is -0.399 e. The SMILES string of the molecule is CCN1CCN(C(=O)c2c[nH]c3ccc(N)cc23)CC1C. The van der Waals surface area contributed by atoms with Crippen LogP contribution in [-0.4, -0.2) is 52.9 Å². The minimum absolute atomic E-state index is 0.0921. The largest absolute Gasteiger partial charge is 0.399 e. The van der Waals surface area contributed by atoms with Crippen molar-refractivity contribution in [1.29, 1.82) is 0 Å². The molecule has 1 atom stereocenters. The fraction of sp³-hybridized carbons (Fsp3) is 0.438. The van der Waals surface area contributed by atoms with E-state index in [1.807, 2.05) is 23.1 Å². The lowest BCUT2D eigenvalue weighted by Gasteiger charge is -2.39. The first kappa shape index (κ1) is 13.9. The van der Waals surface area contributed by atoms with Gasteiger partial charge in [0, 0.05) is 48.5 Å². The van der Waals surface area contributed by atoms with E-state index in [1.54, 1.807) is 6.20 Å². The number of aromatic amines is 1. The van der Waals surface area contributed by atoms with Crippen LogP contribution in [0.25, 0.3) is 10.9 Å². The molecule has 1 saturated heterocycles. The number of nitrogens with two attached hydrogens (primary N) is 1. The van der Waals surface area contributed by atoms with Gasteiger partial charge in [-0.1, -0.05) is 6.92 Å². The summed E-state index contributed by atoms with van der Waals surface area (Å²) in [6.07, 6.45) is 1.79. The van der Waals surface area contributed by atoms with Gasteiger partial charge < -0.3 is 15.6 Å². The standard InChI is InChI=1S/C16H22N4O/c1-3-19-6-7-20(10-11(19)2)16(21)14-9-18-15-5-4-12(17)8-13(14)15/h4-5,8-9,11,18H,3,6-7,10,17H2,1-2H3. The van der Waals surface area contributed by atoms with Crippen LogP contribution < -0.4 is 5.73 Å². The molecule has 1 amide bonds. The number of likely N-dealkylation sites (N-methyl/N-ethyl adjacent to an activating group) is 1. The van der Waals surface area contributed by atoms with Gasteiger partial charge in [0.05, 0.1) is 5.56 Å². The molecular formula is C16H22N4O. The van der Waals surface area contributed by atoms with Crippen molar-refractivity contribution in [3.63, 3.8) is 0 Å². The summed E-state index contributed by atoms with van der Waals surface area (Å²) in [6.45, 7) is 7.88. The third-order valence-electron chi connectivity index (χ3n) is 4.39. The molecule has 2 aromatic rings. The number of fused-ring (bicyclic) bond motifs is 1. The number of carbonyl (C=O) groups excluding carboxylic acids is 1. The molecule has 0 saturated carbocycles. The summed E-state index contributed by atoms with van der Waals surface area (Å²) in [5.74, 6) is 0.0921. The van der Waals surface area contributed by atoms with Crippen LogP contribution in [0.15, 0.2) is 24.4 Å². The predicted molar refractivity (Wildman–Crippen MR) is 85.3 cm³/mol. The third-order valence-corrected chi connectivity index (χ3v) is 4.39. The monoisotopic (exact) mass is 286 g/mol. The second-order valence-corrected chi connectivity index (χ2v) is 5.74. The van der Waals surface area contributed by atoms with Gasteiger partial charge in [-0.3, -0.25) is 9.69 Å². The van der Waals surface area contributed by atoms with Crippen LogP contribution in [0.5, 0.6) is 0 Å². The molecule has 1 aliphatic rings. The number of aromatic nitrogens is 1. The number of amides is 1. The van der Waals surface area contributed by atoms with Gasteiger partial charge >= 0.3 is 0 Å². The van der Waals surface area contributed by atoms with E-state index >= 15 is 0 Å². The first-order valence-corrected chi connectivity index (χ1v) is 7.50. The lowest BCUT2D eigenvalue weighted by molar-refractivity contribution is 0.0530. The van der Waals surface area contributed by atoms with Crippen LogP contribution in [0.3, 0.4) is 0 Å². The van der Waals surface area contributed by atoms with E-state index < -0.39 is 0 Å². The minimum atomic E-state index is 0.0921. The number of nitrogens with one attached hydrogen (secondary N) is 1. The molecule has 0 spiro atoms. The highest BCUT2D eigenvalue weighted by Crippen LogP contribution is 2.23. The Balaban J connectivity index is 1.86. The van der Waals surface area contributed by atoms with E-state index in [9.17, 15) is 4.79 Å². The van der Waals surface area contributed by atoms with Crippen molar-refractivity contribution in [2.24, 2.45) is 0 Å². The molecule has 5 heteroatoms. The Morgan fingerprint density at radius 1 is 1.43 bits per heavy atom. The quantitative estimate of drug-likeness (QED) is 0.829. The lowest BCUT2D eigenvalue weighted by Crippen LogP contribution is -2.53. The molecule has 1 aromatic carbocycles. The molecule has 112 valence electrons. The smallest absolute Gasteiger partial charge is 0.256 e. The van der Waals surface area contributed by atoms with Crippen molar-refractivity contribution >= 4 is 22.5 Å². The van der Waals surface area contributed by atoms with Crippen LogP contribution in [0.1, 0.15) is 24.2 Å². The summed E-state index contributed by atoms with van der Waals surface area (Å²) in [5, 5.41) is 0.908. The van der Waals surface area contributed by atoms with Gasteiger partial charge in [-0.2, -0.15) is 0 Å². The van der Waals surface area contributed by atoms with Gasteiger partial charge in [0.15, 0.2) is 0 Å². The van der Waals surface area contributed by atoms with E-state index in [2.05, 4.69) is 23.7 Å². The van der Waals surface area contributed by atoms with Gasteiger partial charge in [0.25, 0.3) is 5.91 Å². The van der Waals surface area contributed by atoms with Crippen molar-refractivity contribution in [3.05, 3.63) is 30.0 Å². The van der Waals surface area contributed by atoms with E-state index in [4.69, 9.17) is 5.73 Å². The highest BCUT2D eigenvalue weighted by molar-refractivity contribution is 6.07. The number of nitrogen functional groups attached to an aromatic ring is 1. The fourth-order valence-corrected chi connectivity index (χ4v) is 3.14. The van der Waals surface area contributed by atoms with Crippen LogP contribution in [0.4, 0.5) is 5.69 Å². The van der Waals surface area contributed by atoms with Crippen LogP contribution in [-0.2, 0) is 0 Å². The zero-order chi connectivity index (χ0) is 15.0. The Kier molecular flexibility index (Phi) is 3.59. The number of benzene rings is 1. The van der Waals surface area contributed by atoms with Crippen LogP contribution in [0, 0.1) is 0 Å². The van der Waals surface area contributed by atoms with Gasteiger partial charge in [0.1, 0.15) is 0 Å². The van der Waals surface area contributed by atoms with Gasteiger partial charge in [-0.05, 0) is 31.7 Å². The highest BCUT2D eigenvalue weighted by atomic mass is 16.2. The molecule has 1 unspecified atom stereocenters. The molecule has 1 aromatic heterocycles. The molecule has 3 N–H and O–H groups in total. The number of carbonyl (C=O) groups is 1. The molecule has 5 nitrogen and oxygen atoms in total. The summed E-state index contributed by atoms with van der Waals surface area (Å²) in [7, 11) is 0. The van der Waals surface area contributed by atoms with Gasteiger partial charge in [-0.25, -0.2) is 0 Å². The molecule has 1 fully saturated rings. The maximum Gasteiger partial charge on any atom is 0.256 e. The van der Waals surface area contributed by atoms with Gasteiger partial charge in [0.2, 0.25) is 0 Å². The molecule has 1 aliphatic heterocycles. The summed E-state index contributed by atoms with van der Waals surface area (Å²) >= 11 is 0. The number of H-pyrrole nitrogens is 1. The molecule has 2 heterocycles. The fourth-order valence-electron chi connectivity index (χ4n) is 3.14. The van der Waals surface area contributed by atoms with Crippen molar-refractivity contribution in [1.82, 2.24) is 14.8 Å². The highest BCUT2D eigenvalue weighted by Gasteiger charge is 2.27. The predicted octanol–water partition coefficient (Wildman–Crippen LogP) is 1.92. The van der Waals surface area contributed by atoms with Crippen molar-refractivity contribution < 1.29 is 4.79 Å². The van der Waals surface area contributed by atoms with Crippen molar-refractivity contribution in [2.75, 3.05) is 31.9 Å². The number of rotatable bonds is 2. The van der Waals surface area contributed by atoms with Crippen molar-refractivity contribution in [2.45, 2.75) is 19.9 Å². The second-order valence-electron chi connectivity index (χ2n) is 5.74. The Morgan fingerprint density at radius 2 is 2.24 bits per heavy atom. The topological polar surface area (TPSA) is 65.4 Å². The van der Waals surface area contributed by atoms with Crippen molar-refractivity contribution in [3.8, 4) is 0 Å². The molecule has 21 heavy (non-hydrogen) atoms. The molecule has 3 rings (SSSR count). The second kappa shape index (κ2) is 5.41. The van der Waals surface area contributed by atoms with E-state index in [0.29, 0.717) is 11.7 Å². The summed E-state index contributed by atoms with van der Waals surface area (Å²) in [5.41, 5.74) is 8.19. The zero-order valence-corrected chi connectivity index (χ0v) is 12.6. The first-order valence-electron chi connectivity index (χ1n) is 7.50. The first-order chi connectivity index (χ1) is 10.1. The maximum absolute atomic E-state index is 12.8. The van der Waals surface area contributed by atoms with Crippen LogP contribution in [0.2, 0.25) is 0 Å². The summed E-state index contributed by atoms with van der Waals surface area (Å²) in [6, 6.07) is 6.03. The van der Waals surface area contributed by atoms with E-state index in [0.717, 1.165) is 42.6 Å². The Morgan fingerprint density at radius 3 is 2.95 bits per heavy atom. The average molecular weight is 286 g/mol. The lowest BCUT2D eigenvalue weighted by atomic mass is 10.1. The maximum atomic E-state index is 12.8.